The van der Waals surface area contributed by atoms with E-state index in [1.807, 2.05) is 4.90 Å². The summed E-state index contributed by atoms with van der Waals surface area (Å²) < 4.78 is 59.8. The van der Waals surface area contributed by atoms with E-state index in [1.165, 1.54) is 22.5 Å². The van der Waals surface area contributed by atoms with Crippen molar-refractivity contribution in [3.63, 3.8) is 0 Å². The van der Waals surface area contributed by atoms with E-state index in [4.69, 9.17) is 4.74 Å². The zero-order valence-electron chi connectivity index (χ0n) is 17.9. The number of nitrogens with zero attached hydrogens (tertiary/aromatic N) is 2. The number of nitrogens with one attached hydrogen (secondary N) is 1. The Morgan fingerprint density at radius 3 is 2.33 bits per heavy atom. The first-order valence-electron chi connectivity index (χ1n) is 11.0. The molecule has 2 aromatic rings. The van der Waals surface area contributed by atoms with E-state index in [0.29, 0.717) is 51.6 Å². The molecule has 1 N–H and O–H groups in total. The molecular formula is C23H25F2N3O4S. The highest BCUT2D eigenvalue weighted by Crippen LogP contribution is 2.52. The van der Waals surface area contributed by atoms with Crippen LogP contribution in [0.3, 0.4) is 0 Å². The van der Waals surface area contributed by atoms with E-state index >= 15 is 0 Å². The Balaban J connectivity index is 1.14. The van der Waals surface area contributed by atoms with E-state index in [9.17, 15) is 22.0 Å². The number of halogens is 2. The number of hydrogen-bond donors (Lipinski definition) is 1. The molecule has 1 amide bonds. The van der Waals surface area contributed by atoms with Crippen LogP contribution in [0.4, 0.5) is 14.5 Å². The van der Waals surface area contributed by atoms with Crippen LogP contribution in [0.15, 0.2) is 47.4 Å². The summed E-state index contributed by atoms with van der Waals surface area (Å²) in [6.45, 7) is 3.51. The summed E-state index contributed by atoms with van der Waals surface area (Å²) in [6, 6.07) is 9.32. The van der Waals surface area contributed by atoms with Crippen molar-refractivity contribution in [2.45, 2.75) is 4.90 Å². The number of carbonyl (C=O) groups excluding carboxylic acids is 1. The quantitative estimate of drug-likeness (QED) is 0.690. The highest BCUT2D eigenvalue weighted by Gasteiger charge is 2.57. The van der Waals surface area contributed by atoms with Crippen molar-refractivity contribution in [2.24, 2.45) is 17.8 Å². The predicted molar refractivity (Wildman–Crippen MR) is 117 cm³/mol. The molecule has 0 radical (unpaired) electrons. The lowest BCUT2D eigenvalue weighted by Crippen LogP contribution is -2.37. The number of piperidine rings is 1. The van der Waals surface area contributed by atoms with E-state index in [2.05, 4.69) is 5.32 Å². The van der Waals surface area contributed by atoms with Gasteiger partial charge in [0.2, 0.25) is 10.0 Å². The van der Waals surface area contributed by atoms with E-state index in [0.717, 1.165) is 12.1 Å². The van der Waals surface area contributed by atoms with Crippen LogP contribution >= 0.6 is 0 Å². The third-order valence-corrected chi connectivity index (χ3v) is 8.70. The van der Waals surface area contributed by atoms with Crippen molar-refractivity contribution >= 4 is 21.6 Å². The highest BCUT2D eigenvalue weighted by atomic mass is 32.2. The minimum Gasteiger partial charge on any atom is -0.378 e. The third-order valence-electron chi connectivity index (χ3n) is 6.85. The molecular weight excluding hydrogens is 452 g/mol. The Kier molecular flexibility index (Phi) is 5.84. The average Bonchev–Trinajstić information content (AvgIpc) is 3.25. The second kappa shape index (κ2) is 8.66. The lowest BCUT2D eigenvalue weighted by molar-refractivity contribution is 0.0949. The zero-order valence-corrected chi connectivity index (χ0v) is 18.7. The standard InChI is InChI=1S/C23H25F2N3O4S/c24-16-2-4-17(5-3-16)33(30,31)28-13-19-18(20(19)14-28)12-26-23(29)15-1-6-22(21(25)11-15)27-7-9-32-10-8-27/h1-6,11,18-20H,7-10,12-14H2,(H,26,29). The molecule has 33 heavy (non-hydrogen) atoms. The maximum atomic E-state index is 14.6. The van der Waals surface area contributed by atoms with Crippen molar-refractivity contribution in [3.8, 4) is 0 Å². The van der Waals surface area contributed by atoms with E-state index in [1.54, 1.807) is 12.1 Å². The van der Waals surface area contributed by atoms with Crippen LogP contribution in [-0.2, 0) is 14.8 Å². The van der Waals surface area contributed by atoms with Crippen LogP contribution < -0.4 is 10.2 Å². The number of benzene rings is 2. The molecule has 0 aromatic heterocycles. The van der Waals surface area contributed by atoms with Crippen molar-refractivity contribution in [3.05, 3.63) is 59.7 Å². The Morgan fingerprint density at radius 1 is 1.03 bits per heavy atom. The van der Waals surface area contributed by atoms with Crippen molar-refractivity contribution in [2.75, 3.05) is 50.8 Å². The molecule has 1 aliphatic carbocycles. The number of rotatable bonds is 6. The number of fused-ring (bicyclic) bond motifs is 1. The van der Waals surface area contributed by atoms with Gasteiger partial charge in [0.1, 0.15) is 11.6 Å². The lowest BCUT2D eigenvalue weighted by atomic mass is 10.1. The molecule has 2 heterocycles. The van der Waals surface area contributed by atoms with E-state index < -0.39 is 21.7 Å². The first kappa shape index (κ1) is 22.2. The van der Waals surface area contributed by atoms with Gasteiger partial charge in [-0.2, -0.15) is 4.31 Å². The van der Waals surface area contributed by atoms with Gasteiger partial charge in [-0.25, -0.2) is 17.2 Å². The topological polar surface area (TPSA) is 79.0 Å². The van der Waals surface area contributed by atoms with E-state index in [-0.39, 0.29) is 34.1 Å². The van der Waals surface area contributed by atoms with Crippen LogP contribution in [0.5, 0.6) is 0 Å². The minimum absolute atomic E-state index is 0.0811. The maximum Gasteiger partial charge on any atom is 0.251 e. The first-order chi connectivity index (χ1) is 15.8. The molecule has 10 heteroatoms. The Morgan fingerprint density at radius 2 is 1.70 bits per heavy atom. The lowest BCUT2D eigenvalue weighted by Gasteiger charge is -2.29. The molecule has 5 rings (SSSR count). The van der Waals surface area contributed by atoms with Crippen molar-refractivity contribution < 1.29 is 26.7 Å². The molecule has 2 aliphatic heterocycles. The number of sulfonamides is 1. The monoisotopic (exact) mass is 477 g/mol. The van der Waals surface area contributed by atoms with Gasteiger partial charge in [0, 0.05) is 38.3 Å². The van der Waals surface area contributed by atoms with Crippen molar-refractivity contribution in [1.82, 2.24) is 9.62 Å². The maximum absolute atomic E-state index is 14.6. The predicted octanol–water partition coefficient (Wildman–Crippen LogP) is 2.10. The molecule has 176 valence electrons. The molecule has 7 nitrogen and oxygen atoms in total. The van der Waals surface area contributed by atoms with Gasteiger partial charge in [-0.1, -0.05) is 0 Å². The number of amides is 1. The molecule has 0 spiro atoms. The highest BCUT2D eigenvalue weighted by molar-refractivity contribution is 7.89. The Labute approximate surface area is 191 Å². The molecule has 2 saturated heterocycles. The fourth-order valence-corrected chi connectivity index (χ4v) is 6.40. The third kappa shape index (κ3) is 4.34. The largest absolute Gasteiger partial charge is 0.378 e. The van der Waals surface area contributed by atoms with Gasteiger partial charge < -0.3 is 15.0 Å². The molecule has 3 fully saturated rings. The van der Waals surface area contributed by atoms with Gasteiger partial charge in [-0.05, 0) is 60.2 Å². The van der Waals surface area contributed by atoms with Gasteiger partial charge in [0.15, 0.2) is 0 Å². The summed E-state index contributed by atoms with van der Waals surface area (Å²) >= 11 is 0. The molecule has 3 aliphatic rings. The fourth-order valence-electron chi connectivity index (χ4n) is 4.89. The molecule has 2 unspecified atom stereocenters. The minimum atomic E-state index is -3.65. The zero-order chi connectivity index (χ0) is 23.2. The van der Waals surface area contributed by atoms with Gasteiger partial charge in [-0.15, -0.1) is 0 Å². The number of carbonyl (C=O) groups is 1. The van der Waals surface area contributed by atoms with Crippen LogP contribution in [0, 0.1) is 29.4 Å². The second-order valence-corrected chi connectivity index (χ2v) is 10.7. The van der Waals surface area contributed by atoms with Crippen LogP contribution in [0.1, 0.15) is 10.4 Å². The smallest absolute Gasteiger partial charge is 0.251 e. The van der Waals surface area contributed by atoms with Gasteiger partial charge >= 0.3 is 0 Å². The molecule has 1 saturated carbocycles. The summed E-state index contributed by atoms with van der Waals surface area (Å²) in [5, 5.41) is 2.86. The van der Waals surface area contributed by atoms with Crippen LogP contribution in [0.2, 0.25) is 0 Å². The second-order valence-electron chi connectivity index (χ2n) is 8.74. The van der Waals surface area contributed by atoms with Gasteiger partial charge in [-0.3, -0.25) is 4.79 Å². The normalized spacial score (nSPS) is 25.0. The molecule has 0 bridgehead atoms. The summed E-state index contributed by atoms with van der Waals surface area (Å²) in [5.74, 6) is -0.699. The van der Waals surface area contributed by atoms with Crippen molar-refractivity contribution in [1.29, 1.82) is 0 Å². The molecule has 2 aromatic carbocycles. The van der Waals surface area contributed by atoms with Crippen LogP contribution in [-0.4, -0.2) is 64.6 Å². The summed E-state index contributed by atoms with van der Waals surface area (Å²) in [4.78, 5) is 14.5. The summed E-state index contributed by atoms with van der Waals surface area (Å²) in [6.07, 6.45) is 0. The Hall–Kier alpha value is -2.56. The average molecular weight is 478 g/mol. The summed E-state index contributed by atoms with van der Waals surface area (Å²) in [5.41, 5.74) is 0.727. The summed E-state index contributed by atoms with van der Waals surface area (Å²) in [7, 11) is -3.65. The Bertz CT molecular complexity index is 1140. The SMILES string of the molecule is O=C(NCC1C2CN(S(=O)(=O)c3ccc(F)cc3)CC12)c1ccc(N2CCOCC2)c(F)c1. The number of ether oxygens (including phenoxy) is 1. The number of anilines is 1. The number of morpholine rings is 1. The van der Waals surface area contributed by atoms with Crippen LogP contribution in [0.25, 0.3) is 0 Å². The number of hydrogen-bond acceptors (Lipinski definition) is 5. The van der Waals surface area contributed by atoms with Gasteiger partial charge in [0.05, 0.1) is 23.8 Å². The first-order valence-corrected chi connectivity index (χ1v) is 12.4. The fraction of sp³-hybridized carbons (Fsp3) is 0.435. The van der Waals surface area contributed by atoms with Gasteiger partial charge in [0.25, 0.3) is 5.91 Å². The molecule has 2 atom stereocenters.